The van der Waals surface area contributed by atoms with Crippen molar-refractivity contribution in [1.82, 2.24) is 0 Å². The Morgan fingerprint density at radius 1 is 1.38 bits per heavy atom. The highest BCUT2D eigenvalue weighted by molar-refractivity contribution is 14.1. The van der Waals surface area contributed by atoms with Gasteiger partial charge in [-0.2, -0.15) is 13.2 Å². The van der Waals surface area contributed by atoms with Crippen LogP contribution in [-0.4, -0.2) is 10.6 Å². The summed E-state index contributed by atoms with van der Waals surface area (Å²) in [4.78, 5) is 0. The van der Waals surface area contributed by atoms with E-state index in [1.165, 1.54) is 0 Å². The van der Waals surface area contributed by atoms with E-state index in [-0.39, 0.29) is 6.08 Å². The largest absolute Gasteiger partial charge is 0.409 e. The van der Waals surface area contributed by atoms with Gasteiger partial charge in [-0.1, -0.05) is 28.7 Å². The molecule has 0 aliphatic carbocycles. The molecule has 0 bridgehead atoms. The molecule has 0 aromatic carbocycles. The molecule has 0 saturated heterocycles. The van der Waals surface area contributed by atoms with E-state index < -0.39 is 6.18 Å². The van der Waals surface area contributed by atoms with Crippen LogP contribution in [0.2, 0.25) is 0 Å². The van der Waals surface area contributed by atoms with Crippen LogP contribution in [-0.2, 0) is 0 Å². The molecule has 0 saturated carbocycles. The Hall–Kier alpha value is 0.260. The monoisotopic (exact) mass is 236 g/mol. The Morgan fingerprint density at radius 3 is 2.00 bits per heavy atom. The predicted octanol–water partition coefficient (Wildman–Crippen LogP) is 2.54. The summed E-state index contributed by atoms with van der Waals surface area (Å²) in [5, 5.41) is 0. The van der Waals surface area contributed by atoms with Gasteiger partial charge in [0.2, 0.25) is 0 Å². The molecule has 0 aromatic rings. The zero-order valence-corrected chi connectivity index (χ0v) is 6.03. The lowest BCUT2D eigenvalue weighted by Crippen LogP contribution is -2.00. The number of hydrogen-bond donors (Lipinski definition) is 0. The predicted molar refractivity (Wildman–Crippen MR) is 34.1 cm³/mol. The van der Waals surface area contributed by atoms with Gasteiger partial charge in [0.05, 0.1) is 0 Å². The SMILES string of the molecule is FC(F)(F)/C=C/CI. The van der Waals surface area contributed by atoms with Gasteiger partial charge in [0.1, 0.15) is 0 Å². The first-order valence-electron chi connectivity index (χ1n) is 1.86. The average molecular weight is 236 g/mol. The van der Waals surface area contributed by atoms with Crippen molar-refractivity contribution in [3.63, 3.8) is 0 Å². The van der Waals surface area contributed by atoms with Crippen LogP contribution in [0.5, 0.6) is 0 Å². The van der Waals surface area contributed by atoms with Crippen LogP contribution < -0.4 is 0 Å². The van der Waals surface area contributed by atoms with E-state index in [0.717, 1.165) is 6.08 Å². The van der Waals surface area contributed by atoms with Crippen molar-refractivity contribution in [2.24, 2.45) is 0 Å². The average Bonchev–Trinajstić information content (AvgIpc) is 1.59. The van der Waals surface area contributed by atoms with Gasteiger partial charge >= 0.3 is 6.18 Å². The van der Waals surface area contributed by atoms with Crippen molar-refractivity contribution >= 4 is 22.6 Å². The smallest absolute Gasteiger partial charge is 0.167 e. The molecule has 0 fully saturated rings. The Balaban J connectivity index is 3.52. The van der Waals surface area contributed by atoms with E-state index in [0.29, 0.717) is 4.43 Å². The molecular weight excluding hydrogens is 232 g/mol. The van der Waals surface area contributed by atoms with Gasteiger partial charge in [-0.3, -0.25) is 0 Å². The summed E-state index contributed by atoms with van der Waals surface area (Å²) in [5.41, 5.74) is 0. The van der Waals surface area contributed by atoms with E-state index in [1.807, 2.05) is 22.6 Å². The van der Waals surface area contributed by atoms with E-state index in [9.17, 15) is 13.2 Å². The van der Waals surface area contributed by atoms with Crippen LogP contribution >= 0.6 is 22.6 Å². The molecule has 0 aromatic heterocycles. The molecule has 0 spiro atoms. The van der Waals surface area contributed by atoms with Crippen molar-refractivity contribution in [3.8, 4) is 0 Å². The fraction of sp³-hybridized carbons (Fsp3) is 0.500. The fourth-order valence-electron chi connectivity index (χ4n) is 0.178. The Bertz CT molecular complexity index is 83.8. The molecule has 48 valence electrons. The van der Waals surface area contributed by atoms with Gasteiger partial charge in [0, 0.05) is 10.5 Å². The van der Waals surface area contributed by atoms with Crippen LogP contribution in [0.15, 0.2) is 12.2 Å². The molecule has 4 heteroatoms. The molecule has 0 radical (unpaired) electrons. The topological polar surface area (TPSA) is 0 Å². The van der Waals surface area contributed by atoms with Crippen LogP contribution in [0.4, 0.5) is 13.2 Å². The molecule has 0 heterocycles. The number of rotatable bonds is 1. The number of hydrogen-bond acceptors (Lipinski definition) is 0. The van der Waals surface area contributed by atoms with Gasteiger partial charge < -0.3 is 0 Å². The summed E-state index contributed by atoms with van der Waals surface area (Å²) in [6.45, 7) is 0. The lowest BCUT2D eigenvalue weighted by molar-refractivity contribution is -0.0798. The Kier molecular flexibility index (Phi) is 3.43. The number of halogens is 4. The molecule has 8 heavy (non-hydrogen) atoms. The summed E-state index contributed by atoms with van der Waals surface area (Å²) in [6.07, 6.45) is -2.83. The summed E-state index contributed by atoms with van der Waals surface area (Å²) < 4.78 is 33.9. The van der Waals surface area contributed by atoms with Crippen molar-refractivity contribution in [2.45, 2.75) is 6.18 Å². The third-order valence-electron chi connectivity index (χ3n) is 0.396. The van der Waals surface area contributed by atoms with Crippen LogP contribution in [0, 0.1) is 0 Å². The minimum atomic E-state index is -4.13. The lowest BCUT2D eigenvalue weighted by atomic mass is 10.5. The minimum absolute atomic E-state index is 0.236. The third-order valence-corrected chi connectivity index (χ3v) is 0.904. The maximum Gasteiger partial charge on any atom is 0.409 e. The van der Waals surface area contributed by atoms with Crippen molar-refractivity contribution in [3.05, 3.63) is 12.2 Å². The first-order chi connectivity index (χ1) is 3.56. The van der Waals surface area contributed by atoms with Gasteiger partial charge in [0.25, 0.3) is 0 Å². The molecule has 0 aliphatic heterocycles. The zero-order chi connectivity index (χ0) is 6.62. The molecule has 0 unspecified atom stereocenters. The van der Waals surface area contributed by atoms with Crippen LogP contribution in [0.3, 0.4) is 0 Å². The number of allylic oxidation sites excluding steroid dienone is 2. The van der Waals surface area contributed by atoms with Gasteiger partial charge in [-0.15, -0.1) is 0 Å². The van der Waals surface area contributed by atoms with Crippen molar-refractivity contribution in [2.75, 3.05) is 4.43 Å². The molecule has 0 aliphatic rings. The first-order valence-corrected chi connectivity index (χ1v) is 3.39. The molecule has 0 nitrogen and oxygen atoms in total. The van der Waals surface area contributed by atoms with Crippen molar-refractivity contribution in [1.29, 1.82) is 0 Å². The standard InChI is InChI=1S/C4H4F3I/c5-4(6,7)2-1-3-8/h1-2H,3H2/b2-1+. The summed E-state index contributed by atoms with van der Waals surface area (Å²) in [5.74, 6) is 0. The maximum absolute atomic E-state index is 11.2. The third kappa shape index (κ3) is 6.26. The molecule has 0 N–H and O–H groups in total. The van der Waals surface area contributed by atoms with Crippen LogP contribution in [0.1, 0.15) is 0 Å². The molecule has 0 atom stereocenters. The lowest BCUT2D eigenvalue weighted by Gasteiger charge is -1.94. The van der Waals surface area contributed by atoms with Crippen LogP contribution in [0.25, 0.3) is 0 Å². The molecule has 0 amide bonds. The molecular formula is C4H4F3I. The highest BCUT2D eigenvalue weighted by Gasteiger charge is 2.21. The highest BCUT2D eigenvalue weighted by atomic mass is 127. The maximum atomic E-state index is 11.2. The minimum Gasteiger partial charge on any atom is -0.167 e. The second kappa shape index (κ2) is 3.32. The van der Waals surface area contributed by atoms with Gasteiger partial charge in [-0.05, 0) is 0 Å². The van der Waals surface area contributed by atoms with Gasteiger partial charge in [-0.25, -0.2) is 0 Å². The van der Waals surface area contributed by atoms with E-state index in [4.69, 9.17) is 0 Å². The van der Waals surface area contributed by atoms with E-state index in [1.54, 1.807) is 0 Å². The second-order valence-corrected chi connectivity index (χ2v) is 1.98. The first kappa shape index (κ1) is 8.26. The molecule has 0 rings (SSSR count). The zero-order valence-electron chi connectivity index (χ0n) is 3.87. The quantitative estimate of drug-likeness (QED) is 0.373. The normalized spacial score (nSPS) is 13.0. The summed E-state index contributed by atoms with van der Waals surface area (Å²) in [7, 11) is 0. The Morgan fingerprint density at radius 2 is 1.88 bits per heavy atom. The fourth-order valence-corrected chi connectivity index (χ4v) is 0.432. The second-order valence-electron chi connectivity index (χ2n) is 1.10. The number of alkyl halides is 4. The summed E-state index contributed by atoms with van der Waals surface area (Å²) in [6, 6.07) is 0. The summed E-state index contributed by atoms with van der Waals surface area (Å²) >= 11 is 1.84. The highest BCUT2D eigenvalue weighted by Crippen LogP contribution is 2.15. The van der Waals surface area contributed by atoms with E-state index in [2.05, 4.69) is 0 Å². The Labute approximate surface area is 58.9 Å². The van der Waals surface area contributed by atoms with Crippen molar-refractivity contribution < 1.29 is 13.2 Å². The van der Waals surface area contributed by atoms with E-state index >= 15 is 0 Å². The van der Waals surface area contributed by atoms with Gasteiger partial charge in [0.15, 0.2) is 0 Å².